The fourth-order valence-electron chi connectivity index (χ4n) is 3.85. The summed E-state index contributed by atoms with van der Waals surface area (Å²) >= 11 is 0. The van der Waals surface area contributed by atoms with Crippen LogP contribution in [0.4, 0.5) is 10.6 Å². The second kappa shape index (κ2) is 8.18. The molecule has 2 aliphatic heterocycles. The van der Waals surface area contributed by atoms with Gasteiger partial charge in [0.05, 0.1) is 18.4 Å². The molecule has 2 fully saturated rings. The Kier molecular flexibility index (Phi) is 4.86. The summed E-state index contributed by atoms with van der Waals surface area (Å²) in [7, 11) is 0. The number of amides is 3. The van der Waals surface area contributed by atoms with Crippen LogP contribution >= 0.6 is 0 Å². The summed E-state index contributed by atoms with van der Waals surface area (Å²) in [4.78, 5) is 32.7. The number of carbonyl (C=O) groups is 2. The predicted molar refractivity (Wildman–Crippen MR) is 126 cm³/mol. The van der Waals surface area contributed by atoms with Crippen LogP contribution in [0, 0.1) is 0 Å². The lowest BCUT2D eigenvalue weighted by Gasteiger charge is -2.12. The van der Waals surface area contributed by atoms with Crippen LogP contribution in [0.3, 0.4) is 0 Å². The van der Waals surface area contributed by atoms with E-state index in [1.165, 1.54) is 0 Å². The van der Waals surface area contributed by atoms with Gasteiger partial charge in [-0.25, -0.2) is 9.78 Å². The van der Waals surface area contributed by atoms with Gasteiger partial charge in [-0.3, -0.25) is 15.1 Å². The molecule has 0 unspecified atom stereocenters. The molecule has 1 saturated carbocycles. The zero-order chi connectivity index (χ0) is 23.1. The van der Waals surface area contributed by atoms with E-state index in [2.05, 4.69) is 31.4 Å². The Labute approximate surface area is 194 Å². The third-order valence-electron chi connectivity index (χ3n) is 5.70. The molecular weight excluding hydrogens is 436 g/mol. The molecule has 1 saturated heterocycles. The van der Waals surface area contributed by atoms with Crippen molar-refractivity contribution in [1.82, 2.24) is 30.5 Å². The van der Waals surface area contributed by atoms with Crippen LogP contribution in [0.5, 0.6) is 5.75 Å². The van der Waals surface area contributed by atoms with Crippen molar-refractivity contribution in [3.63, 3.8) is 0 Å². The average molecular weight is 458 g/mol. The number of rotatable bonds is 7. The third kappa shape index (κ3) is 4.03. The molecule has 3 amide bonds. The van der Waals surface area contributed by atoms with Gasteiger partial charge in [0.2, 0.25) is 0 Å². The van der Waals surface area contributed by atoms with Gasteiger partial charge in [-0.2, -0.15) is 9.61 Å². The maximum Gasteiger partial charge on any atom is 0.326 e. The van der Waals surface area contributed by atoms with Crippen molar-refractivity contribution in [2.24, 2.45) is 4.99 Å². The van der Waals surface area contributed by atoms with Crippen LogP contribution in [0.15, 0.2) is 47.2 Å². The molecule has 34 heavy (non-hydrogen) atoms. The molecule has 0 atom stereocenters. The highest BCUT2D eigenvalue weighted by atomic mass is 16.5. The number of nitrogens with one attached hydrogen (secondary N) is 4. The Morgan fingerprint density at radius 3 is 2.88 bits per heavy atom. The molecule has 4 heterocycles. The zero-order valence-electron chi connectivity index (χ0n) is 18.2. The number of aliphatic imine (C=N–C) groups is 1. The molecule has 11 heteroatoms. The molecule has 1 aliphatic carbocycles. The number of aromatic nitrogens is 3. The molecule has 3 aromatic rings. The number of hydrogen-bond donors (Lipinski definition) is 4. The molecule has 11 nitrogen and oxygen atoms in total. The van der Waals surface area contributed by atoms with E-state index in [1.54, 1.807) is 16.8 Å². The topological polar surface area (TPSA) is 134 Å². The van der Waals surface area contributed by atoms with Crippen molar-refractivity contribution >= 4 is 35.3 Å². The summed E-state index contributed by atoms with van der Waals surface area (Å²) in [5.74, 6) is 1.89. The first kappa shape index (κ1) is 20.2. The summed E-state index contributed by atoms with van der Waals surface area (Å²) < 4.78 is 7.63. The molecule has 1 aromatic carbocycles. The van der Waals surface area contributed by atoms with Gasteiger partial charge >= 0.3 is 6.03 Å². The average Bonchev–Trinajstić information content (AvgIpc) is 3.19. The van der Waals surface area contributed by atoms with E-state index in [0.29, 0.717) is 29.6 Å². The number of carbonyl (C=O) groups excluding carboxylic acids is 2. The number of urea groups is 1. The summed E-state index contributed by atoms with van der Waals surface area (Å²) in [5, 5.41) is 15.9. The van der Waals surface area contributed by atoms with Crippen molar-refractivity contribution < 1.29 is 14.3 Å². The summed E-state index contributed by atoms with van der Waals surface area (Å²) in [5.41, 5.74) is 2.95. The molecule has 4 N–H and O–H groups in total. The Morgan fingerprint density at radius 1 is 1.21 bits per heavy atom. The Morgan fingerprint density at radius 2 is 2.12 bits per heavy atom. The first-order chi connectivity index (χ1) is 16.6. The number of imide groups is 1. The fourth-order valence-corrected chi connectivity index (χ4v) is 3.85. The van der Waals surface area contributed by atoms with E-state index in [4.69, 9.17) is 9.72 Å². The molecule has 2 aromatic heterocycles. The normalized spacial score (nSPS) is 18.6. The molecule has 172 valence electrons. The monoisotopic (exact) mass is 458 g/mol. The Hall–Kier alpha value is -4.41. The van der Waals surface area contributed by atoms with Crippen molar-refractivity contribution in [2.45, 2.75) is 18.9 Å². The fraction of sp³-hybridized carbons (Fsp3) is 0.261. The van der Waals surface area contributed by atoms with Crippen LogP contribution in [-0.4, -0.2) is 58.1 Å². The lowest BCUT2D eigenvalue weighted by Crippen LogP contribution is -2.24. The van der Waals surface area contributed by atoms with E-state index < -0.39 is 11.9 Å². The van der Waals surface area contributed by atoms with Gasteiger partial charge in [-0.05, 0) is 31.1 Å². The van der Waals surface area contributed by atoms with Gasteiger partial charge in [0.25, 0.3) is 5.91 Å². The Bertz CT molecular complexity index is 1370. The smallest absolute Gasteiger partial charge is 0.326 e. The largest absolute Gasteiger partial charge is 0.486 e. The molecule has 0 spiro atoms. The minimum atomic E-state index is -0.548. The van der Waals surface area contributed by atoms with E-state index in [9.17, 15) is 9.59 Å². The number of nitrogens with zero attached hydrogens (tertiary/aromatic N) is 4. The van der Waals surface area contributed by atoms with Crippen molar-refractivity contribution in [1.29, 1.82) is 0 Å². The number of anilines is 1. The standard InChI is InChI=1S/C23H22N8O3/c32-22-18(29-23(33)30-22)9-14-11-26-31-20(27-15-4-5-15)10-17(28-21(14)31)13-2-1-3-16(8-13)34-12-19-24-6-7-25-19/h1-3,8-11,15,27H,4-7,12H2,(H,24,25)(H2,29,30,32,33)/b18-9-. The van der Waals surface area contributed by atoms with E-state index in [0.717, 1.165) is 48.8 Å². The second-order valence-corrected chi connectivity index (χ2v) is 8.32. The number of ether oxygens (including phenoxy) is 1. The van der Waals surface area contributed by atoms with Gasteiger partial charge in [-0.1, -0.05) is 12.1 Å². The highest BCUT2D eigenvalue weighted by Crippen LogP contribution is 2.30. The zero-order valence-corrected chi connectivity index (χ0v) is 18.2. The van der Waals surface area contributed by atoms with Gasteiger partial charge in [0, 0.05) is 29.8 Å². The SMILES string of the molecule is O=C1NC(=O)/C(=C/c2cnn3c(NC4CC4)cc(-c4cccc(OCC5=NCCN5)c4)nc23)N1. The number of benzene rings is 1. The Balaban J connectivity index is 1.37. The third-order valence-corrected chi connectivity index (χ3v) is 5.70. The van der Waals surface area contributed by atoms with Crippen LogP contribution < -0.4 is 26.0 Å². The van der Waals surface area contributed by atoms with E-state index in [-0.39, 0.29) is 5.70 Å². The van der Waals surface area contributed by atoms with Gasteiger partial charge in [0.1, 0.15) is 29.7 Å². The minimum Gasteiger partial charge on any atom is -0.486 e. The first-order valence-electron chi connectivity index (χ1n) is 11.1. The highest BCUT2D eigenvalue weighted by Gasteiger charge is 2.25. The van der Waals surface area contributed by atoms with Gasteiger partial charge in [-0.15, -0.1) is 0 Å². The lowest BCUT2D eigenvalue weighted by molar-refractivity contribution is -0.115. The van der Waals surface area contributed by atoms with Crippen molar-refractivity contribution in [2.75, 3.05) is 25.0 Å². The number of fused-ring (bicyclic) bond motifs is 1. The van der Waals surface area contributed by atoms with Crippen LogP contribution in [0.2, 0.25) is 0 Å². The number of hydrogen-bond acceptors (Lipinski definition) is 8. The quantitative estimate of drug-likeness (QED) is 0.312. The van der Waals surface area contributed by atoms with Crippen molar-refractivity contribution in [3.8, 4) is 17.0 Å². The summed E-state index contributed by atoms with van der Waals surface area (Å²) in [6, 6.07) is 9.54. The first-order valence-corrected chi connectivity index (χ1v) is 11.1. The lowest BCUT2D eigenvalue weighted by atomic mass is 10.1. The van der Waals surface area contributed by atoms with Crippen LogP contribution in [-0.2, 0) is 4.79 Å². The number of amidine groups is 1. The maximum atomic E-state index is 12.0. The van der Waals surface area contributed by atoms with Crippen LogP contribution in [0.25, 0.3) is 23.0 Å². The predicted octanol–water partition coefficient (Wildman–Crippen LogP) is 1.53. The molecule has 3 aliphatic rings. The summed E-state index contributed by atoms with van der Waals surface area (Å²) in [6.45, 7) is 2.00. The van der Waals surface area contributed by atoms with Gasteiger partial charge < -0.3 is 20.7 Å². The van der Waals surface area contributed by atoms with E-state index in [1.807, 2.05) is 30.3 Å². The molecule has 0 bridgehead atoms. The van der Waals surface area contributed by atoms with Crippen LogP contribution in [0.1, 0.15) is 18.4 Å². The highest BCUT2D eigenvalue weighted by molar-refractivity contribution is 6.14. The molecular formula is C23H22N8O3. The van der Waals surface area contributed by atoms with Crippen molar-refractivity contribution in [3.05, 3.63) is 47.8 Å². The minimum absolute atomic E-state index is 0.155. The molecule has 0 radical (unpaired) electrons. The van der Waals surface area contributed by atoms with Gasteiger partial charge in [0.15, 0.2) is 5.65 Å². The summed E-state index contributed by atoms with van der Waals surface area (Å²) in [6.07, 6.45) is 5.41. The van der Waals surface area contributed by atoms with E-state index >= 15 is 0 Å². The maximum absolute atomic E-state index is 12.0. The molecule has 6 rings (SSSR count). The second-order valence-electron chi connectivity index (χ2n) is 8.32.